The summed E-state index contributed by atoms with van der Waals surface area (Å²) >= 11 is 3.64. The van der Waals surface area contributed by atoms with Crippen LogP contribution in [0.15, 0.2) is 0 Å². The molecule has 1 heterocycles. The van der Waals surface area contributed by atoms with Crippen LogP contribution in [0.5, 0.6) is 0 Å². The van der Waals surface area contributed by atoms with Crippen molar-refractivity contribution >= 4 is 21.9 Å². The highest BCUT2D eigenvalue weighted by Gasteiger charge is 2.65. The second-order valence-electron chi connectivity index (χ2n) is 4.78. The molecule has 2 aliphatic carbocycles. The van der Waals surface area contributed by atoms with Crippen LogP contribution in [0.3, 0.4) is 0 Å². The first-order chi connectivity index (χ1) is 7.68. The second-order valence-corrected chi connectivity index (χ2v) is 5.96. The van der Waals surface area contributed by atoms with Crippen molar-refractivity contribution in [3.05, 3.63) is 0 Å². The molecular formula is C11H15BrO4. The van der Waals surface area contributed by atoms with Gasteiger partial charge >= 0.3 is 5.97 Å². The maximum Gasteiger partial charge on any atom is 0.309 e. The van der Waals surface area contributed by atoms with Crippen molar-refractivity contribution in [1.82, 2.24) is 0 Å². The lowest BCUT2D eigenvalue weighted by Crippen LogP contribution is -2.39. The lowest BCUT2D eigenvalue weighted by atomic mass is 9.93. The molecule has 1 aliphatic heterocycles. The van der Waals surface area contributed by atoms with Crippen LogP contribution in [-0.2, 0) is 19.0 Å². The van der Waals surface area contributed by atoms with Gasteiger partial charge in [-0.3, -0.25) is 4.79 Å². The number of fused-ring (bicyclic) bond motifs is 3. The minimum Gasteiger partial charge on any atom is -0.469 e. The molecule has 0 amide bonds. The third-order valence-corrected chi connectivity index (χ3v) is 5.23. The fraction of sp³-hybridized carbons (Fsp3) is 0.909. The summed E-state index contributed by atoms with van der Waals surface area (Å²) in [6.45, 7) is 1.29. The minimum atomic E-state index is -0.492. The number of esters is 1. The molecule has 5 heteroatoms. The highest BCUT2D eigenvalue weighted by atomic mass is 79.9. The molecule has 0 aromatic carbocycles. The maximum absolute atomic E-state index is 11.8. The second kappa shape index (κ2) is 3.68. The third kappa shape index (κ3) is 1.31. The van der Waals surface area contributed by atoms with Crippen molar-refractivity contribution in [3.8, 4) is 0 Å². The van der Waals surface area contributed by atoms with Crippen LogP contribution < -0.4 is 0 Å². The van der Waals surface area contributed by atoms with Crippen LogP contribution >= 0.6 is 15.9 Å². The van der Waals surface area contributed by atoms with E-state index < -0.39 is 5.79 Å². The van der Waals surface area contributed by atoms with E-state index in [-0.39, 0.29) is 23.7 Å². The van der Waals surface area contributed by atoms with E-state index in [1.807, 2.05) is 0 Å². The van der Waals surface area contributed by atoms with Gasteiger partial charge in [-0.05, 0) is 12.3 Å². The van der Waals surface area contributed by atoms with Crippen molar-refractivity contribution < 1.29 is 19.0 Å². The summed E-state index contributed by atoms with van der Waals surface area (Å²) in [5.41, 5.74) is 0. The Bertz CT molecular complexity index is 313. The fourth-order valence-corrected chi connectivity index (χ4v) is 4.47. The Kier molecular flexibility index (Phi) is 2.53. The Balaban J connectivity index is 1.89. The summed E-state index contributed by atoms with van der Waals surface area (Å²) in [6.07, 6.45) is 1.75. The number of carbonyl (C=O) groups is 1. The van der Waals surface area contributed by atoms with E-state index in [2.05, 4.69) is 15.9 Å². The number of alkyl halides is 1. The number of hydrogen-bond donors (Lipinski definition) is 0. The first-order valence-corrected chi connectivity index (χ1v) is 6.59. The van der Waals surface area contributed by atoms with E-state index in [4.69, 9.17) is 14.2 Å². The van der Waals surface area contributed by atoms with Crippen molar-refractivity contribution in [2.45, 2.75) is 23.5 Å². The third-order valence-electron chi connectivity index (χ3n) is 4.17. The molecule has 4 nitrogen and oxygen atoms in total. The van der Waals surface area contributed by atoms with E-state index >= 15 is 0 Å². The largest absolute Gasteiger partial charge is 0.469 e. The number of methoxy groups -OCH3 is 1. The molecule has 90 valence electrons. The highest BCUT2D eigenvalue weighted by molar-refractivity contribution is 9.09. The Morgan fingerprint density at radius 2 is 2.12 bits per heavy atom. The predicted molar refractivity (Wildman–Crippen MR) is 59.1 cm³/mol. The smallest absolute Gasteiger partial charge is 0.309 e. The number of halogens is 1. The number of rotatable bonds is 1. The molecule has 0 aromatic rings. The summed E-state index contributed by atoms with van der Waals surface area (Å²) in [5, 5.41) is 0. The Labute approximate surface area is 103 Å². The lowest BCUT2D eigenvalue weighted by Gasteiger charge is -2.33. The van der Waals surface area contributed by atoms with Crippen LogP contribution in [0.4, 0.5) is 0 Å². The zero-order valence-electron chi connectivity index (χ0n) is 9.15. The molecular weight excluding hydrogens is 276 g/mol. The molecule has 16 heavy (non-hydrogen) atoms. The maximum atomic E-state index is 11.8. The molecule has 2 bridgehead atoms. The molecule has 0 N–H and O–H groups in total. The lowest BCUT2D eigenvalue weighted by molar-refractivity contribution is -0.195. The molecule has 3 aliphatic rings. The van der Waals surface area contributed by atoms with Crippen molar-refractivity contribution in [2.24, 2.45) is 17.8 Å². The summed E-state index contributed by atoms with van der Waals surface area (Å²) in [7, 11) is 1.45. The van der Waals surface area contributed by atoms with Gasteiger partial charge in [0, 0.05) is 17.2 Å². The zero-order valence-corrected chi connectivity index (χ0v) is 10.7. The van der Waals surface area contributed by atoms with Gasteiger partial charge in [-0.15, -0.1) is 0 Å². The topological polar surface area (TPSA) is 44.8 Å². The molecule has 3 fully saturated rings. The molecule has 3 rings (SSSR count). The van der Waals surface area contributed by atoms with Gasteiger partial charge in [-0.1, -0.05) is 15.9 Å². The number of hydrogen-bond acceptors (Lipinski definition) is 4. The fourth-order valence-electron chi connectivity index (χ4n) is 3.55. The molecule has 1 spiro atoms. The summed E-state index contributed by atoms with van der Waals surface area (Å²) in [5.74, 6) is -0.235. The minimum absolute atomic E-state index is 0.0625. The van der Waals surface area contributed by atoms with Crippen LogP contribution in [0.1, 0.15) is 12.8 Å². The van der Waals surface area contributed by atoms with Gasteiger partial charge in [0.2, 0.25) is 0 Å². The summed E-state index contributed by atoms with van der Waals surface area (Å²) < 4.78 is 16.4. The van der Waals surface area contributed by atoms with Crippen molar-refractivity contribution in [3.63, 3.8) is 0 Å². The molecule has 2 saturated carbocycles. The van der Waals surface area contributed by atoms with Gasteiger partial charge in [0.15, 0.2) is 5.79 Å². The average Bonchev–Trinajstić information content (AvgIpc) is 2.93. The molecule has 0 radical (unpaired) electrons. The Morgan fingerprint density at radius 1 is 1.44 bits per heavy atom. The molecule has 4 atom stereocenters. The van der Waals surface area contributed by atoms with Gasteiger partial charge < -0.3 is 14.2 Å². The quantitative estimate of drug-likeness (QED) is 0.540. The van der Waals surface area contributed by atoms with E-state index in [1.54, 1.807) is 0 Å². The average molecular weight is 291 g/mol. The van der Waals surface area contributed by atoms with Crippen LogP contribution in [0.25, 0.3) is 0 Å². The van der Waals surface area contributed by atoms with Gasteiger partial charge in [0.05, 0.1) is 26.2 Å². The van der Waals surface area contributed by atoms with Gasteiger partial charge in [0.25, 0.3) is 0 Å². The Morgan fingerprint density at radius 3 is 2.75 bits per heavy atom. The molecule has 0 unspecified atom stereocenters. The zero-order chi connectivity index (χ0) is 11.3. The summed E-state index contributed by atoms with van der Waals surface area (Å²) in [4.78, 5) is 12.2. The summed E-state index contributed by atoms with van der Waals surface area (Å²) in [6, 6.07) is 0. The molecule has 0 aromatic heterocycles. The Hall–Kier alpha value is -0.130. The van der Waals surface area contributed by atoms with Gasteiger partial charge in [0.1, 0.15) is 0 Å². The number of carbonyl (C=O) groups excluding carboxylic acids is 1. The standard InChI is InChI=1S/C11H15BrO4/c1-14-10(13)9-6-5-11(15-2-3-16-11)7(9)4-8(6)12/h6-9H,2-5H2,1H3/t6-,7-,8+,9-/m0/s1. The first-order valence-electron chi connectivity index (χ1n) is 5.68. The normalized spacial score (nSPS) is 44.1. The van der Waals surface area contributed by atoms with E-state index in [9.17, 15) is 4.79 Å². The SMILES string of the molecule is COC(=O)[C@H]1[C@H]2CC3(OCCO3)[C@H]1C[C@H]2Br. The van der Waals surface area contributed by atoms with E-state index in [0.717, 1.165) is 12.8 Å². The van der Waals surface area contributed by atoms with Crippen LogP contribution in [0.2, 0.25) is 0 Å². The van der Waals surface area contributed by atoms with Gasteiger partial charge in [-0.2, -0.15) is 0 Å². The predicted octanol–water partition coefficient (Wildman–Crippen LogP) is 1.32. The van der Waals surface area contributed by atoms with Crippen molar-refractivity contribution in [2.75, 3.05) is 20.3 Å². The molecule has 1 saturated heterocycles. The van der Waals surface area contributed by atoms with E-state index in [1.165, 1.54) is 7.11 Å². The van der Waals surface area contributed by atoms with Crippen molar-refractivity contribution in [1.29, 1.82) is 0 Å². The first kappa shape index (κ1) is 11.0. The number of ether oxygens (including phenoxy) is 3. The monoisotopic (exact) mass is 290 g/mol. The van der Waals surface area contributed by atoms with E-state index in [0.29, 0.717) is 18.0 Å². The highest BCUT2D eigenvalue weighted by Crippen LogP contribution is 2.60. The van der Waals surface area contributed by atoms with Gasteiger partial charge in [-0.25, -0.2) is 0 Å². The van der Waals surface area contributed by atoms with Crippen LogP contribution in [-0.4, -0.2) is 36.9 Å². The van der Waals surface area contributed by atoms with Crippen LogP contribution in [0, 0.1) is 17.8 Å².